The molecule has 4 aromatic rings. The Labute approximate surface area is 240 Å². The Balaban J connectivity index is 1.52. The van der Waals surface area contributed by atoms with Gasteiger partial charge in [0.15, 0.2) is 4.34 Å². The maximum Gasteiger partial charge on any atom is 0.301 e. The summed E-state index contributed by atoms with van der Waals surface area (Å²) in [4.78, 5) is 27.7. The van der Waals surface area contributed by atoms with Crippen molar-refractivity contribution in [1.29, 1.82) is 0 Å². The van der Waals surface area contributed by atoms with Crippen molar-refractivity contribution in [3.05, 3.63) is 104 Å². The lowest BCUT2D eigenvalue weighted by Crippen LogP contribution is -2.29. The number of Topliss-reactive ketones (excluding diaryl/α,β-unsaturated/α-hetero) is 1. The Hall–Kier alpha value is -3.08. The lowest BCUT2D eigenvalue weighted by Gasteiger charge is -2.22. The quantitative estimate of drug-likeness (QED) is 0.0794. The molecule has 1 aromatic heterocycles. The highest BCUT2D eigenvalue weighted by molar-refractivity contribution is 8.00. The molecule has 5 rings (SSSR count). The van der Waals surface area contributed by atoms with Crippen molar-refractivity contribution in [2.24, 2.45) is 0 Å². The van der Waals surface area contributed by atoms with Crippen LogP contribution >= 0.6 is 57.9 Å². The highest BCUT2D eigenvalue weighted by atomic mass is 35.5. The molecular weight excluding hydrogens is 589 g/mol. The standard InChI is InChI=1S/C26H16Cl3N3O4S2/c27-16-6-1-14(2-7-16)22(34)20-21(13-4-9-18(33)10-5-13)32(24(36)23(20)35)25-30-31-26(38-25)37-12-15-3-8-17(28)11-19(15)29/h1-11,21,33-34H,12H2/b22-20-. The Bertz CT molecular complexity index is 1570. The molecule has 192 valence electrons. The minimum Gasteiger partial charge on any atom is -0.508 e. The third-order valence-corrected chi connectivity index (χ3v) is 8.68. The summed E-state index contributed by atoms with van der Waals surface area (Å²) in [7, 11) is 0. The van der Waals surface area contributed by atoms with Gasteiger partial charge in [-0.3, -0.25) is 14.5 Å². The topological polar surface area (TPSA) is 104 Å². The Morgan fingerprint density at radius 2 is 1.63 bits per heavy atom. The van der Waals surface area contributed by atoms with Crippen molar-refractivity contribution in [2.75, 3.05) is 4.90 Å². The number of aromatic nitrogens is 2. The van der Waals surface area contributed by atoms with E-state index in [9.17, 15) is 19.8 Å². The zero-order chi connectivity index (χ0) is 27.0. The van der Waals surface area contributed by atoms with Gasteiger partial charge in [-0.25, -0.2) is 0 Å². The fourth-order valence-electron chi connectivity index (χ4n) is 3.90. The summed E-state index contributed by atoms with van der Waals surface area (Å²) in [5.41, 5.74) is 1.56. The molecule has 1 atom stereocenters. The zero-order valence-electron chi connectivity index (χ0n) is 19.1. The van der Waals surface area contributed by atoms with E-state index >= 15 is 0 Å². The van der Waals surface area contributed by atoms with Crippen LogP contribution in [0.1, 0.15) is 22.7 Å². The third-order valence-electron chi connectivity index (χ3n) is 5.74. The van der Waals surface area contributed by atoms with Crippen LogP contribution in [-0.2, 0) is 15.3 Å². The maximum atomic E-state index is 13.3. The van der Waals surface area contributed by atoms with Crippen LogP contribution in [0.2, 0.25) is 15.1 Å². The van der Waals surface area contributed by atoms with E-state index in [4.69, 9.17) is 34.8 Å². The van der Waals surface area contributed by atoms with Crippen LogP contribution in [0.4, 0.5) is 5.13 Å². The number of carbonyl (C=O) groups excluding carboxylic acids is 2. The molecular formula is C26H16Cl3N3O4S2. The number of hydrogen-bond donors (Lipinski definition) is 2. The van der Waals surface area contributed by atoms with Crippen molar-refractivity contribution in [1.82, 2.24) is 10.2 Å². The summed E-state index contributed by atoms with van der Waals surface area (Å²) in [6.07, 6.45) is 0. The fourth-order valence-corrected chi connectivity index (χ4v) is 6.45. The van der Waals surface area contributed by atoms with Gasteiger partial charge in [0.05, 0.1) is 11.6 Å². The summed E-state index contributed by atoms with van der Waals surface area (Å²) in [6.45, 7) is 0. The number of halogens is 3. The Kier molecular flexibility index (Phi) is 7.65. The number of rotatable bonds is 6. The number of benzene rings is 3. The van der Waals surface area contributed by atoms with E-state index in [-0.39, 0.29) is 22.2 Å². The number of aliphatic hydroxyl groups excluding tert-OH is 1. The predicted octanol–water partition coefficient (Wildman–Crippen LogP) is 7.12. The number of phenolic OH excluding ortho intramolecular Hbond substituents is 1. The van der Waals surface area contributed by atoms with Crippen LogP contribution < -0.4 is 4.90 Å². The smallest absolute Gasteiger partial charge is 0.301 e. The number of thioether (sulfide) groups is 1. The lowest BCUT2D eigenvalue weighted by molar-refractivity contribution is -0.132. The van der Waals surface area contributed by atoms with E-state index in [1.54, 1.807) is 48.5 Å². The maximum absolute atomic E-state index is 13.3. The van der Waals surface area contributed by atoms with Gasteiger partial charge in [-0.2, -0.15) is 0 Å². The van der Waals surface area contributed by atoms with Gasteiger partial charge < -0.3 is 10.2 Å². The van der Waals surface area contributed by atoms with Crippen LogP contribution in [0.3, 0.4) is 0 Å². The molecule has 1 unspecified atom stereocenters. The zero-order valence-corrected chi connectivity index (χ0v) is 23.0. The fraction of sp³-hybridized carbons (Fsp3) is 0.0769. The van der Waals surface area contributed by atoms with E-state index in [0.29, 0.717) is 36.3 Å². The van der Waals surface area contributed by atoms with Crippen LogP contribution in [0.25, 0.3) is 5.76 Å². The molecule has 7 nitrogen and oxygen atoms in total. The number of aromatic hydroxyl groups is 1. The largest absolute Gasteiger partial charge is 0.508 e. The van der Waals surface area contributed by atoms with Gasteiger partial charge in [0.25, 0.3) is 5.78 Å². The summed E-state index contributed by atoms with van der Waals surface area (Å²) in [5.74, 6) is -1.57. The molecule has 1 amide bonds. The van der Waals surface area contributed by atoms with Gasteiger partial charge in [0, 0.05) is 26.4 Å². The molecule has 2 N–H and O–H groups in total. The summed E-state index contributed by atoms with van der Waals surface area (Å²) in [6, 6.07) is 16.5. The number of carbonyl (C=O) groups is 2. The molecule has 0 saturated carbocycles. The third kappa shape index (κ3) is 5.25. The highest BCUT2D eigenvalue weighted by Crippen LogP contribution is 2.44. The van der Waals surface area contributed by atoms with Gasteiger partial charge in [-0.05, 0) is 59.7 Å². The van der Waals surface area contributed by atoms with Gasteiger partial charge in [-0.1, -0.05) is 76.1 Å². The molecule has 2 heterocycles. The van der Waals surface area contributed by atoms with Crippen molar-refractivity contribution in [3.63, 3.8) is 0 Å². The number of phenols is 1. The van der Waals surface area contributed by atoms with E-state index in [0.717, 1.165) is 16.9 Å². The molecule has 1 aliphatic rings. The first kappa shape index (κ1) is 26.5. The normalized spacial score (nSPS) is 16.8. The first-order chi connectivity index (χ1) is 18.2. The van der Waals surface area contributed by atoms with Crippen molar-refractivity contribution in [2.45, 2.75) is 16.1 Å². The first-order valence-corrected chi connectivity index (χ1v) is 13.9. The summed E-state index contributed by atoms with van der Waals surface area (Å²) < 4.78 is 0.551. The average Bonchev–Trinajstić information content (AvgIpc) is 3.46. The molecule has 1 fully saturated rings. The number of aliphatic hydroxyl groups is 1. The predicted molar refractivity (Wildman–Crippen MR) is 150 cm³/mol. The van der Waals surface area contributed by atoms with Crippen LogP contribution in [0, 0.1) is 0 Å². The summed E-state index contributed by atoms with van der Waals surface area (Å²) >= 11 is 20.7. The number of nitrogens with zero attached hydrogens (tertiary/aromatic N) is 3. The monoisotopic (exact) mass is 603 g/mol. The van der Waals surface area contributed by atoms with E-state index in [2.05, 4.69) is 10.2 Å². The second-order valence-corrected chi connectivity index (χ2v) is 11.6. The van der Waals surface area contributed by atoms with Crippen molar-refractivity contribution in [3.8, 4) is 5.75 Å². The highest BCUT2D eigenvalue weighted by Gasteiger charge is 2.48. The molecule has 0 aliphatic carbocycles. The van der Waals surface area contributed by atoms with Gasteiger partial charge >= 0.3 is 5.91 Å². The lowest BCUT2D eigenvalue weighted by atomic mass is 9.95. The van der Waals surface area contributed by atoms with Gasteiger partial charge in [-0.15, -0.1) is 10.2 Å². The van der Waals surface area contributed by atoms with Crippen LogP contribution in [0.5, 0.6) is 5.75 Å². The molecule has 0 spiro atoms. The average molecular weight is 605 g/mol. The second kappa shape index (κ2) is 11.0. The van der Waals surface area contributed by atoms with Crippen molar-refractivity contribution < 1.29 is 19.8 Å². The number of ketones is 1. The molecule has 0 bridgehead atoms. The van der Waals surface area contributed by atoms with Crippen LogP contribution in [-0.4, -0.2) is 32.1 Å². The minimum absolute atomic E-state index is 0.0128. The molecule has 3 aromatic carbocycles. The van der Waals surface area contributed by atoms with E-state index in [1.807, 2.05) is 6.07 Å². The first-order valence-electron chi connectivity index (χ1n) is 11.0. The van der Waals surface area contributed by atoms with Crippen LogP contribution in [0.15, 0.2) is 76.6 Å². The Morgan fingerprint density at radius 1 is 0.947 bits per heavy atom. The molecule has 38 heavy (non-hydrogen) atoms. The van der Waals surface area contributed by atoms with E-state index in [1.165, 1.54) is 28.8 Å². The number of amides is 1. The Morgan fingerprint density at radius 3 is 2.32 bits per heavy atom. The van der Waals surface area contributed by atoms with E-state index < -0.39 is 17.7 Å². The minimum atomic E-state index is -0.997. The van der Waals surface area contributed by atoms with Gasteiger partial charge in [0.2, 0.25) is 5.13 Å². The number of hydrogen-bond acceptors (Lipinski definition) is 8. The summed E-state index contributed by atoms with van der Waals surface area (Å²) in [5, 5.41) is 31.0. The molecule has 0 radical (unpaired) electrons. The van der Waals surface area contributed by atoms with Gasteiger partial charge in [0.1, 0.15) is 11.5 Å². The molecule has 1 aliphatic heterocycles. The number of anilines is 1. The second-order valence-electron chi connectivity index (χ2n) is 8.14. The SMILES string of the molecule is O=C1C(=O)N(c2nnc(SCc3ccc(Cl)cc3Cl)s2)C(c2ccc(O)cc2)/C1=C(/O)c1ccc(Cl)cc1. The molecule has 12 heteroatoms. The molecule has 1 saturated heterocycles. The van der Waals surface area contributed by atoms with Crippen molar-refractivity contribution >= 4 is 80.5 Å².